The van der Waals surface area contributed by atoms with E-state index in [1.54, 1.807) is 28.9 Å². The topological polar surface area (TPSA) is 30.2 Å². The van der Waals surface area contributed by atoms with Crippen LogP contribution in [0.4, 0.5) is 13.2 Å². The highest BCUT2D eigenvalue weighted by molar-refractivity contribution is 6.28. The lowest BCUT2D eigenvalue weighted by atomic mass is 10.1. The summed E-state index contributed by atoms with van der Waals surface area (Å²) in [5, 5.41) is 0.146. The molecule has 0 saturated heterocycles. The molecule has 2 aromatic heterocycles. The number of hydrogen-bond donors (Lipinski definition) is 0. The number of rotatable bonds is 1. The molecule has 0 amide bonds. The predicted octanol–water partition coefficient (Wildman–Crippen LogP) is 4.07. The third-order valence-electron chi connectivity index (χ3n) is 2.83. The zero-order chi connectivity index (χ0) is 14.3. The van der Waals surface area contributed by atoms with E-state index in [0.717, 1.165) is 12.1 Å². The molecule has 3 rings (SSSR count). The maximum absolute atomic E-state index is 12.7. The second-order valence-electron chi connectivity index (χ2n) is 4.14. The molecule has 1 aromatic carbocycles. The van der Waals surface area contributed by atoms with Gasteiger partial charge in [-0.15, -0.1) is 0 Å². The molecule has 2 heterocycles. The third-order valence-corrected chi connectivity index (χ3v) is 3.10. The molecular weight excluding hydrogens is 291 g/mol. The Morgan fingerprint density at radius 2 is 1.95 bits per heavy atom. The van der Waals surface area contributed by atoms with E-state index < -0.39 is 11.7 Å². The zero-order valence-electron chi connectivity index (χ0n) is 9.89. The fourth-order valence-electron chi connectivity index (χ4n) is 1.89. The minimum absolute atomic E-state index is 0.146. The summed E-state index contributed by atoms with van der Waals surface area (Å²) in [4.78, 5) is 8.14. The van der Waals surface area contributed by atoms with Crippen molar-refractivity contribution in [2.75, 3.05) is 0 Å². The summed E-state index contributed by atoms with van der Waals surface area (Å²) in [7, 11) is 0. The van der Waals surface area contributed by atoms with E-state index >= 15 is 0 Å². The van der Waals surface area contributed by atoms with Gasteiger partial charge in [-0.1, -0.05) is 12.1 Å². The smallest absolute Gasteiger partial charge is 0.274 e. The van der Waals surface area contributed by atoms with Crippen LogP contribution in [0.2, 0.25) is 5.28 Å². The molecule has 3 nitrogen and oxygen atoms in total. The van der Waals surface area contributed by atoms with Crippen LogP contribution in [-0.4, -0.2) is 14.4 Å². The number of aromatic nitrogens is 3. The lowest BCUT2D eigenvalue weighted by Crippen LogP contribution is -2.04. The molecule has 7 heteroatoms. The average molecular weight is 298 g/mol. The number of alkyl halides is 3. The zero-order valence-corrected chi connectivity index (χ0v) is 10.7. The van der Waals surface area contributed by atoms with Gasteiger partial charge in [0, 0.05) is 24.0 Å². The van der Waals surface area contributed by atoms with E-state index in [4.69, 9.17) is 11.6 Å². The van der Waals surface area contributed by atoms with Crippen LogP contribution >= 0.6 is 11.6 Å². The van der Waals surface area contributed by atoms with Crippen LogP contribution in [0.25, 0.3) is 16.9 Å². The first-order valence-electron chi connectivity index (χ1n) is 5.62. The molecule has 0 atom stereocenters. The molecule has 0 spiro atoms. The number of fused-ring (bicyclic) bond motifs is 1. The molecule has 0 N–H and O–H groups in total. The predicted molar refractivity (Wildman–Crippen MR) is 68.4 cm³/mol. The van der Waals surface area contributed by atoms with Gasteiger partial charge in [-0.3, -0.25) is 4.40 Å². The number of benzene rings is 1. The molecule has 0 aliphatic rings. The standard InChI is InChI=1S/C13H7ClF3N3/c14-12-19-10(7-11-18-4-5-20(11)12)8-2-1-3-9(6-8)13(15,16)17/h1-7H. The maximum atomic E-state index is 12.7. The van der Waals surface area contributed by atoms with Crippen molar-refractivity contribution >= 4 is 17.2 Å². The molecule has 0 saturated carbocycles. The Bertz CT molecular complexity index is 780. The highest BCUT2D eigenvalue weighted by atomic mass is 35.5. The van der Waals surface area contributed by atoms with Crippen LogP contribution in [-0.2, 0) is 6.18 Å². The molecule has 20 heavy (non-hydrogen) atoms. The van der Waals surface area contributed by atoms with Gasteiger partial charge in [0.15, 0.2) is 0 Å². The molecule has 102 valence electrons. The van der Waals surface area contributed by atoms with Gasteiger partial charge in [0.25, 0.3) is 0 Å². The van der Waals surface area contributed by atoms with Crippen LogP contribution in [0.15, 0.2) is 42.7 Å². The van der Waals surface area contributed by atoms with Gasteiger partial charge in [-0.2, -0.15) is 13.2 Å². The van der Waals surface area contributed by atoms with Crippen molar-refractivity contribution in [3.63, 3.8) is 0 Å². The molecule has 3 aromatic rings. The fourth-order valence-corrected chi connectivity index (χ4v) is 2.12. The summed E-state index contributed by atoms with van der Waals surface area (Å²) in [6, 6.07) is 6.52. The summed E-state index contributed by atoms with van der Waals surface area (Å²) in [5.74, 6) is 0. The van der Waals surface area contributed by atoms with Crippen molar-refractivity contribution in [2.24, 2.45) is 0 Å². The van der Waals surface area contributed by atoms with E-state index in [2.05, 4.69) is 9.97 Å². The van der Waals surface area contributed by atoms with Crippen LogP contribution in [0, 0.1) is 0 Å². The minimum atomic E-state index is -4.39. The lowest BCUT2D eigenvalue weighted by Gasteiger charge is -2.09. The van der Waals surface area contributed by atoms with E-state index in [9.17, 15) is 13.2 Å². The van der Waals surface area contributed by atoms with Gasteiger partial charge in [0.1, 0.15) is 5.65 Å². The molecule has 0 fully saturated rings. The Kier molecular flexibility index (Phi) is 2.90. The Labute approximate surface area is 116 Å². The van der Waals surface area contributed by atoms with Gasteiger partial charge in [0.05, 0.1) is 11.3 Å². The molecule has 0 unspecified atom stereocenters. The van der Waals surface area contributed by atoms with Crippen LogP contribution in [0.5, 0.6) is 0 Å². The summed E-state index contributed by atoms with van der Waals surface area (Å²) in [6.45, 7) is 0. The number of halogens is 4. The van der Waals surface area contributed by atoms with Crippen LogP contribution in [0.3, 0.4) is 0 Å². The van der Waals surface area contributed by atoms with Gasteiger partial charge in [0.2, 0.25) is 5.28 Å². The largest absolute Gasteiger partial charge is 0.416 e. The van der Waals surface area contributed by atoms with Gasteiger partial charge in [-0.25, -0.2) is 9.97 Å². The van der Waals surface area contributed by atoms with Crippen molar-refractivity contribution < 1.29 is 13.2 Å². The minimum Gasteiger partial charge on any atom is -0.274 e. The average Bonchev–Trinajstić information content (AvgIpc) is 2.87. The monoisotopic (exact) mass is 297 g/mol. The first-order chi connectivity index (χ1) is 9.45. The highest BCUT2D eigenvalue weighted by Gasteiger charge is 2.30. The van der Waals surface area contributed by atoms with E-state index in [-0.39, 0.29) is 5.28 Å². The number of nitrogens with zero attached hydrogens (tertiary/aromatic N) is 3. The summed E-state index contributed by atoms with van der Waals surface area (Å²) in [5.41, 5.74) is 0.487. The van der Waals surface area contributed by atoms with Crippen LogP contribution in [0.1, 0.15) is 5.56 Å². The summed E-state index contributed by atoms with van der Waals surface area (Å²) in [6.07, 6.45) is -1.23. The van der Waals surface area contributed by atoms with Crippen LogP contribution < -0.4 is 0 Å². The second kappa shape index (κ2) is 4.49. The Balaban J connectivity index is 2.15. The van der Waals surface area contributed by atoms with Crippen molar-refractivity contribution in [1.82, 2.24) is 14.4 Å². The van der Waals surface area contributed by atoms with E-state index in [1.165, 1.54) is 6.07 Å². The Morgan fingerprint density at radius 3 is 2.70 bits per heavy atom. The quantitative estimate of drug-likeness (QED) is 0.634. The molecule has 0 aliphatic carbocycles. The van der Waals surface area contributed by atoms with E-state index in [1.807, 2.05) is 0 Å². The Morgan fingerprint density at radius 1 is 1.15 bits per heavy atom. The van der Waals surface area contributed by atoms with Gasteiger partial charge >= 0.3 is 6.18 Å². The summed E-state index contributed by atoms with van der Waals surface area (Å²) >= 11 is 5.97. The molecule has 0 bridgehead atoms. The Hall–Kier alpha value is -2.08. The van der Waals surface area contributed by atoms with Crippen molar-refractivity contribution in [3.05, 3.63) is 53.6 Å². The third kappa shape index (κ3) is 2.22. The van der Waals surface area contributed by atoms with E-state index in [0.29, 0.717) is 16.9 Å². The highest BCUT2D eigenvalue weighted by Crippen LogP contribution is 2.32. The molecular formula is C13H7ClF3N3. The first kappa shape index (κ1) is 12.9. The number of hydrogen-bond acceptors (Lipinski definition) is 2. The second-order valence-corrected chi connectivity index (χ2v) is 4.48. The van der Waals surface area contributed by atoms with Gasteiger partial charge < -0.3 is 0 Å². The van der Waals surface area contributed by atoms with Crippen molar-refractivity contribution in [3.8, 4) is 11.3 Å². The van der Waals surface area contributed by atoms with Gasteiger partial charge in [-0.05, 0) is 23.7 Å². The molecule has 0 radical (unpaired) electrons. The molecule has 0 aliphatic heterocycles. The number of imidazole rings is 1. The normalized spacial score (nSPS) is 12.0. The first-order valence-corrected chi connectivity index (χ1v) is 6.00. The fraction of sp³-hybridized carbons (Fsp3) is 0.0769. The summed E-state index contributed by atoms with van der Waals surface area (Å²) < 4.78 is 39.7. The SMILES string of the molecule is FC(F)(F)c1cccc(-c2cc3nccn3c(Cl)n2)c1. The lowest BCUT2D eigenvalue weighted by molar-refractivity contribution is -0.137. The van der Waals surface area contributed by atoms with Crippen molar-refractivity contribution in [2.45, 2.75) is 6.18 Å². The maximum Gasteiger partial charge on any atom is 0.416 e. The van der Waals surface area contributed by atoms with Crippen molar-refractivity contribution in [1.29, 1.82) is 0 Å².